The Labute approximate surface area is 142 Å². The van der Waals surface area contributed by atoms with Crippen molar-refractivity contribution in [3.05, 3.63) is 71.5 Å². The Hall–Kier alpha value is -2.36. The van der Waals surface area contributed by atoms with Gasteiger partial charge >= 0.3 is 6.03 Å². The lowest BCUT2D eigenvalue weighted by Crippen LogP contribution is -2.42. The van der Waals surface area contributed by atoms with E-state index in [1.165, 1.54) is 25.0 Å². The third kappa shape index (κ3) is 4.34. The Balaban J connectivity index is 1.67. The molecule has 2 aromatic rings. The van der Waals surface area contributed by atoms with Crippen molar-refractivity contribution in [2.75, 3.05) is 6.54 Å². The molecule has 24 heavy (non-hydrogen) atoms. The van der Waals surface area contributed by atoms with Crippen molar-refractivity contribution >= 4 is 6.03 Å². The smallest absolute Gasteiger partial charge is 0.318 e. The maximum absolute atomic E-state index is 13.3. The van der Waals surface area contributed by atoms with E-state index < -0.39 is 0 Å². The van der Waals surface area contributed by atoms with Gasteiger partial charge in [-0.1, -0.05) is 42.5 Å². The first kappa shape index (κ1) is 16.5. The van der Waals surface area contributed by atoms with Crippen LogP contribution in [-0.4, -0.2) is 17.5 Å². The molecule has 0 saturated heterocycles. The summed E-state index contributed by atoms with van der Waals surface area (Å²) in [5.74, 6) is 0.324. The van der Waals surface area contributed by atoms with Crippen LogP contribution in [0.1, 0.15) is 36.9 Å². The van der Waals surface area contributed by atoms with Crippen molar-refractivity contribution in [1.82, 2.24) is 10.2 Å². The maximum atomic E-state index is 13.3. The van der Waals surface area contributed by atoms with Crippen LogP contribution in [0, 0.1) is 11.7 Å². The molecule has 1 saturated carbocycles. The summed E-state index contributed by atoms with van der Waals surface area (Å²) in [6, 6.07) is 16.3. The molecule has 2 aromatic carbocycles. The highest BCUT2D eigenvalue weighted by Crippen LogP contribution is 2.32. The normalized spacial score (nSPS) is 14.9. The van der Waals surface area contributed by atoms with Crippen LogP contribution >= 0.6 is 0 Å². The zero-order valence-corrected chi connectivity index (χ0v) is 13.9. The molecule has 1 atom stereocenters. The first-order valence-electron chi connectivity index (χ1n) is 8.47. The Kier molecular flexibility index (Phi) is 5.14. The minimum atomic E-state index is -0.283. The molecule has 0 heterocycles. The fourth-order valence-corrected chi connectivity index (χ4v) is 2.83. The van der Waals surface area contributed by atoms with Gasteiger partial charge in [-0.05, 0) is 48.9 Å². The van der Waals surface area contributed by atoms with E-state index in [0.29, 0.717) is 12.5 Å². The van der Waals surface area contributed by atoms with Crippen LogP contribution in [0.5, 0.6) is 0 Å². The van der Waals surface area contributed by atoms with E-state index in [0.717, 1.165) is 17.7 Å². The third-order valence-electron chi connectivity index (χ3n) is 4.49. The highest BCUT2D eigenvalue weighted by Gasteiger charge is 2.30. The molecule has 1 unspecified atom stereocenters. The summed E-state index contributed by atoms with van der Waals surface area (Å²) in [7, 11) is 0. The predicted octanol–water partition coefficient (Wildman–Crippen LogP) is 4.51. The molecule has 0 bridgehead atoms. The molecule has 1 aliphatic rings. The van der Waals surface area contributed by atoms with Crippen molar-refractivity contribution < 1.29 is 9.18 Å². The second-order valence-electron chi connectivity index (χ2n) is 6.47. The van der Waals surface area contributed by atoms with Crippen LogP contribution in [-0.2, 0) is 6.54 Å². The van der Waals surface area contributed by atoms with Gasteiger partial charge in [0.2, 0.25) is 0 Å². The molecule has 1 N–H and O–H groups in total. The fourth-order valence-electron chi connectivity index (χ4n) is 2.83. The molecule has 3 rings (SSSR count). The van der Waals surface area contributed by atoms with Crippen molar-refractivity contribution in [2.24, 2.45) is 5.92 Å². The molecule has 0 aliphatic heterocycles. The number of benzene rings is 2. The number of carbonyl (C=O) groups excluding carboxylic acids is 1. The highest BCUT2D eigenvalue weighted by atomic mass is 19.1. The number of hydrogen-bond acceptors (Lipinski definition) is 1. The first-order chi connectivity index (χ1) is 11.6. The molecular weight excluding hydrogens is 303 g/mol. The van der Waals surface area contributed by atoms with E-state index in [2.05, 4.69) is 12.2 Å². The average molecular weight is 326 g/mol. The van der Waals surface area contributed by atoms with E-state index in [4.69, 9.17) is 0 Å². The lowest BCUT2D eigenvalue weighted by Gasteiger charge is -2.30. The maximum Gasteiger partial charge on any atom is 0.318 e. The quantitative estimate of drug-likeness (QED) is 0.832. The van der Waals surface area contributed by atoms with Crippen LogP contribution in [0.4, 0.5) is 9.18 Å². The molecule has 0 aromatic heterocycles. The predicted molar refractivity (Wildman–Crippen MR) is 92.9 cm³/mol. The van der Waals surface area contributed by atoms with Gasteiger partial charge < -0.3 is 10.2 Å². The van der Waals surface area contributed by atoms with E-state index in [1.807, 2.05) is 41.3 Å². The molecule has 126 valence electrons. The number of nitrogens with one attached hydrogen (secondary N) is 1. The summed E-state index contributed by atoms with van der Waals surface area (Å²) in [5.41, 5.74) is 1.89. The highest BCUT2D eigenvalue weighted by molar-refractivity contribution is 5.74. The lowest BCUT2D eigenvalue weighted by molar-refractivity contribution is 0.175. The van der Waals surface area contributed by atoms with Crippen LogP contribution < -0.4 is 5.32 Å². The molecule has 0 spiro atoms. The topological polar surface area (TPSA) is 32.3 Å². The van der Waals surface area contributed by atoms with Gasteiger partial charge in [0.05, 0.1) is 6.04 Å². The van der Waals surface area contributed by atoms with Gasteiger partial charge in [-0.2, -0.15) is 0 Å². The number of amides is 2. The van der Waals surface area contributed by atoms with Crippen LogP contribution in [0.25, 0.3) is 0 Å². The Morgan fingerprint density at radius 3 is 2.62 bits per heavy atom. The third-order valence-corrected chi connectivity index (χ3v) is 4.49. The van der Waals surface area contributed by atoms with Gasteiger partial charge in [-0.15, -0.1) is 0 Å². The minimum Gasteiger partial charge on any atom is -0.334 e. The van der Waals surface area contributed by atoms with E-state index >= 15 is 0 Å². The number of halogens is 1. The molecule has 1 aliphatic carbocycles. The molecule has 4 heteroatoms. The SMILES string of the molecule is CC(c1ccccc1)N(CC1CC1)C(=O)NCc1cccc(F)c1. The number of hydrogen-bond donors (Lipinski definition) is 1. The summed E-state index contributed by atoms with van der Waals surface area (Å²) in [5, 5.41) is 2.93. The zero-order chi connectivity index (χ0) is 16.9. The molecular formula is C20H23FN2O. The Morgan fingerprint density at radius 1 is 1.21 bits per heavy atom. The molecule has 3 nitrogen and oxygen atoms in total. The standard InChI is InChI=1S/C20H23FN2O/c1-15(18-7-3-2-4-8-18)23(14-16-10-11-16)20(24)22-13-17-6-5-9-19(21)12-17/h2-9,12,15-16H,10-11,13-14H2,1H3,(H,22,24). The molecule has 1 fully saturated rings. The summed E-state index contributed by atoms with van der Waals surface area (Å²) >= 11 is 0. The van der Waals surface area contributed by atoms with Crippen molar-refractivity contribution in [1.29, 1.82) is 0 Å². The van der Waals surface area contributed by atoms with E-state index in [9.17, 15) is 9.18 Å². The van der Waals surface area contributed by atoms with Gasteiger partial charge in [-0.3, -0.25) is 0 Å². The number of carbonyl (C=O) groups is 1. The van der Waals surface area contributed by atoms with Gasteiger partial charge in [0.25, 0.3) is 0 Å². The van der Waals surface area contributed by atoms with Gasteiger partial charge in [0.1, 0.15) is 5.82 Å². The fraction of sp³-hybridized carbons (Fsp3) is 0.350. The minimum absolute atomic E-state index is 0.0132. The average Bonchev–Trinajstić information content (AvgIpc) is 3.42. The van der Waals surface area contributed by atoms with Crippen LogP contribution in [0.2, 0.25) is 0 Å². The van der Waals surface area contributed by atoms with E-state index in [1.54, 1.807) is 6.07 Å². The monoisotopic (exact) mass is 326 g/mol. The summed E-state index contributed by atoms with van der Waals surface area (Å²) < 4.78 is 13.3. The second kappa shape index (κ2) is 7.47. The van der Waals surface area contributed by atoms with E-state index in [-0.39, 0.29) is 17.9 Å². The van der Waals surface area contributed by atoms with Crippen LogP contribution in [0.3, 0.4) is 0 Å². The second-order valence-corrected chi connectivity index (χ2v) is 6.47. The number of nitrogens with zero attached hydrogens (tertiary/aromatic N) is 1. The zero-order valence-electron chi connectivity index (χ0n) is 13.9. The molecule has 0 radical (unpaired) electrons. The van der Waals surface area contributed by atoms with Gasteiger partial charge in [0, 0.05) is 13.1 Å². The number of rotatable bonds is 6. The Morgan fingerprint density at radius 2 is 1.96 bits per heavy atom. The molecule has 2 amide bonds. The summed E-state index contributed by atoms with van der Waals surface area (Å²) in [6.07, 6.45) is 2.38. The largest absolute Gasteiger partial charge is 0.334 e. The number of urea groups is 1. The Bertz CT molecular complexity index is 685. The van der Waals surface area contributed by atoms with Gasteiger partial charge in [0.15, 0.2) is 0 Å². The van der Waals surface area contributed by atoms with Crippen molar-refractivity contribution in [3.63, 3.8) is 0 Å². The van der Waals surface area contributed by atoms with Crippen LogP contribution in [0.15, 0.2) is 54.6 Å². The van der Waals surface area contributed by atoms with Crippen molar-refractivity contribution in [3.8, 4) is 0 Å². The lowest BCUT2D eigenvalue weighted by atomic mass is 10.1. The first-order valence-corrected chi connectivity index (χ1v) is 8.47. The summed E-state index contributed by atoms with van der Waals surface area (Å²) in [4.78, 5) is 14.6. The summed E-state index contributed by atoms with van der Waals surface area (Å²) in [6.45, 7) is 3.16. The van der Waals surface area contributed by atoms with Gasteiger partial charge in [-0.25, -0.2) is 9.18 Å². The van der Waals surface area contributed by atoms with Crippen molar-refractivity contribution in [2.45, 2.75) is 32.4 Å².